The number of aromatic nitrogens is 2. The molecule has 9 nitrogen and oxygen atoms in total. The molecule has 0 spiro atoms. The molecule has 2 amide bonds. The fourth-order valence-corrected chi connectivity index (χ4v) is 7.36. The van der Waals surface area contributed by atoms with Crippen molar-refractivity contribution < 1.29 is 9.59 Å². The number of imidazole rings is 1. The number of amides is 2. The van der Waals surface area contributed by atoms with Gasteiger partial charge in [-0.05, 0) is 114 Å². The van der Waals surface area contributed by atoms with E-state index in [1.807, 2.05) is 6.07 Å². The summed E-state index contributed by atoms with van der Waals surface area (Å²) in [7, 11) is 1.77. The summed E-state index contributed by atoms with van der Waals surface area (Å²) in [5.74, 6) is 0.714. The normalized spacial score (nSPS) is 25.8. The Morgan fingerprint density at radius 2 is 1.61 bits per heavy atom. The topological polar surface area (TPSA) is 91.6 Å². The number of rotatable bonds is 5. The van der Waals surface area contributed by atoms with Gasteiger partial charge in [-0.2, -0.15) is 0 Å². The van der Waals surface area contributed by atoms with Crippen molar-refractivity contribution in [1.82, 2.24) is 29.6 Å². The molecular weight excluding hydrogens is 480 g/mol. The highest BCUT2D eigenvalue weighted by atomic mass is 16.2. The Labute approximate surface area is 224 Å². The van der Waals surface area contributed by atoms with Gasteiger partial charge >= 0.3 is 5.69 Å². The molecule has 38 heavy (non-hydrogen) atoms. The molecule has 0 aliphatic carbocycles. The zero-order valence-corrected chi connectivity index (χ0v) is 22.7. The van der Waals surface area contributed by atoms with Crippen molar-refractivity contribution in [3.63, 3.8) is 0 Å². The molecule has 1 atom stereocenters. The molecule has 4 aliphatic heterocycles. The van der Waals surface area contributed by atoms with E-state index in [9.17, 15) is 14.4 Å². The van der Waals surface area contributed by atoms with Crippen LogP contribution in [0.25, 0.3) is 11.0 Å². The minimum Gasteiger partial charge on any atom is -0.317 e. The second kappa shape index (κ2) is 10.9. The minimum absolute atomic E-state index is 0.201. The summed E-state index contributed by atoms with van der Waals surface area (Å²) in [6.07, 6.45) is 8.14. The largest absolute Gasteiger partial charge is 0.329 e. The number of aryl methyl sites for hydroxylation is 1. The van der Waals surface area contributed by atoms with Gasteiger partial charge in [-0.3, -0.25) is 24.0 Å². The van der Waals surface area contributed by atoms with E-state index in [1.165, 1.54) is 64.0 Å². The van der Waals surface area contributed by atoms with Gasteiger partial charge in [0.05, 0.1) is 11.0 Å². The lowest BCUT2D eigenvalue weighted by Crippen LogP contribution is -2.48. The van der Waals surface area contributed by atoms with Crippen molar-refractivity contribution in [3.8, 4) is 0 Å². The monoisotopic (exact) mass is 522 g/mol. The van der Waals surface area contributed by atoms with Crippen LogP contribution in [-0.4, -0.2) is 82.6 Å². The van der Waals surface area contributed by atoms with E-state index < -0.39 is 6.04 Å². The molecule has 0 saturated carbocycles. The SMILES string of the molecule is Cn1c(=O)n(C2CCC(=O)NC2=O)c2ccc(C3CCN(C4CCN(CC5CCNCC5)CC4)CC3)cc21. The molecule has 4 aliphatic rings. The van der Waals surface area contributed by atoms with Crippen LogP contribution in [0.2, 0.25) is 0 Å². The first-order valence-electron chi connectivity index (χ1n) is 14.7. The van der Waals surface area contributed by atoms with Crippen LogP contribution < -0.4 is 16.3 Å². The maximum absolute atomic E-state index is 13.1. The van der Waals surface area contributed by atoms with Crippen LogP contribution in [0.4, 0.5) is 0 Å². The standard InChI is InChI=1S/C29H42N6O3/c1-32-26-18-22(2-3-24(26)35(29(32)38)25-4-5-27(36)31-28(25)37)21-8-16-34(17-9-21)23-10-14-33(15-11-23)19-20-6-12-30-13-7-20/h2-3,18,20-21,23,25,30H,4-17,19H2,1H3,(H,31,36,37). The Balaban J connectivity index is 1.07. The van der Waals surface area contributed by atoms with E-state index in [0.29, 0.717) is 18.4 Å². The van der Waals surface area contributed by atoms with Crippen molar-refractivity contribution in [2.45, 2.75) is 69.4 Å². The molecule has 4 fully saturated rings. The summed E-state index contributed by atoms with van der Waals surface area (Å²) in [5.41, 5.74) is 2.71. The van der Waals surface area contributed by atoms with Crippen molar-refractivity contribution in [3.05, 3.63) is 34.2 Å². The van der Waals surface area contributed by atoms with E-state index in [1.54, 1.807) is 16.2 Å². The van der Waals surface area contributed by atoms with Crippen molar-refractivity contribution >= 4 is 22.8 Å². The van der Waals surface area contributed by atoms with Gasteiger partial charge in [0.15, 0.2) is 0 Å². The first kappa shape index (κ1) is 25.8. The average Bonchev–Trinajstić information content (AvgIpc) is 3.19. The minimum atomic E-state index is -0.635. The third kappa shape index (κ3) is 5.08. The molecule has 2 aromatic rings. The molecular formula is C29H42N6O3. The highest BCUT2D eigenvalue weighted by molar-refractivity contribution is 6.00. The quantitative estimate of drug-likeness (QED) is 0.584. The summed E-state index contributed by atoms with van der Waals surface area (Å²) in [6.45, 7) is 8.41. The van der Waals surface area contributed by atoms with Crippen molar-refractivity contribution in [2.24, 2.45) is 13.0 Å². The lowest BCUT2D eigenvalue weighted by atomic mass is 9.87. The molecule has 0 bridgehead atoms. The van der Waals surface area contributed by atoms with Gasteiger partial charge < -0.3 is 15.1 Å². The van der Waals surface area contributed by atoms with Crippen LogP contribution in [0.1, 0.15) is 68.9 Å². The number of nitrogens with zero attached hydrogens (tertiary/aromatic N) is 4. The van der Waals surface area contributed by atoms with E-state index in [0.717, 1.165) is 42.9 Å². The van der Waals surface area contributed by atoms with Gasteiger partial charge in [-0.15, -0.1) is 0 Å². The summed E-state index contributed by atoms with van der Waals surface area (Å²) in [4.78, 5) is 42.6. The van der Waals surface area contributed by atoms with Crippen LogP contribution in [0.3, 0.4) is 0 Å². The average molecular weight is 523 g/mol. The van der Waals surface area contributed by atoms with Crippen LogP contribution in [0, 0.1) is 5.92 Å². The van der Waals surface area contributed by atoms with Gasteiger partial charge in [-0.25, -0.2) is 4.79 Å². The van der Waals surface area contributed by atoms with E-state index in [2.05, 4.69) is 32.6 Å². The Kier molecular flexibility index (Phi) is 7.42. The molecule has 1 aromatic carbocycles. The molecule has 5 heterocycles. The number of hydrogen-bond acceptors (Lipinski definition) is 6. The summed E-state index contributed by atoms with van der Waals surface area (Å²) in [6, 6.07) is 6.37. The maximum Gasteiger partial charge on any atom is 0.329 e. The maximum atomic E-state index is 13.1. The van der Waals surface area contributed by atoms with Gasteiger partial charge in [0.2, 0.25) is 11.8 Å². The number of nitrogens with one attached hydrogen (secondary N) is 2. The number of fused-ring (bicyclic) bond motifs is 1. The lowest BCUT2D eigenvalue weighted by molar-refractivity contribution is -0.135. The predicted octanol–water partition coefficient (Wildman–Crippen LogP) is 1.96. The van der Waals surface area contributed by atoms with Gasteiger partial charge in [0.1, 0.15) is 6.04 Å². The molecule has 1 aromatic heterocycles. The first-order valence-corrected chi connectivity index (χ1v) is 14.7. The third-order valence-corrected chi connectivity index (χ3v) is 9.68. The highest BCUT2D eigenvalue weighted by Gasteiger charge is 2.32. The lowest BCUT2D eigenvalue weighted by Gasteiger charge is -2.42. The van der Waals surface area contributed by atoms with Crippen LogP contribution >= 0.6 is 0 Å². The summed E-state index contributed by atoms with van der Waals surface area (Å²) < 4.78 is 3.22. The smallest absolute Gasteiger partial charge is 0.317 e. The second-order valence-corrected chi connectivity index (χ2v) is 12.0. The Hall–Kier alpha value is -2.49. The molecule has 206 valence electrons. The summed E-state index contributed by atoms with van der Waals surface area (Å²) >= 11 is 0. The number of piperidine rings is 4. The molecule has 4 saturated heterocycles. The third-order valence-electron chi connectivity index (χ3n) is 9.68. The van der Waals surface area contributed by atoms with Gasteiger partial charge in [-0.1, -0.05) is 6.07 Å². The fraction of sp³-hybridized carbons (Fsp3) is 0.690. The van der Waals surface area contributed by atoms with Crippen LogP contribution in [-0.2, 0) is 16.6 Å². The van der Waals surface area contributed by atoms with E-state index in [4.69, 9.17) is 0 Å². The number of carbonyl (C=O) groups excluding carboxylic acids is 2. The van der Waals surface area contributed by atoms with Gasteiger partial charge in [0, 0.05) is 26.1 Å². The van der Waals surface area contributed by atoms with E-state index >= 15 is 0 Å². The van der Waals surface area contributed by atoms with E-state index in [-0.39, 0.29) is 23.9 Å². The molecule has 9 heteroatoms. The predicted molar refractivity (Wildman–Crippen MR) is 147 cm³/mol. The Bertz CT molecular complexity index is 1230. The highest BCUT2D eigenvalue weighted by Crippen LogP contribution is 2.33. The van der Waals surface area contributed by atoms with Crippen LogP contribution in [0.5, 0.6) is 0 Å². The first-order chi connectivity index (χ1) is 18.5. The second-order valence-electron chi connectivity index (χ2n) is 12.0. The van der Waals surface area contributed by atoms with Crippen molar-refractivity contribution in [2.75, 3.05) is 45.8 Å². The fourth-order valence-electron chi connectivity index (χ4n) is 7.36. The molecule has 6 rings (SSSR count). The number of carbonyl (C=O) groups is 2. The zero-order chi connectivity index (χ0) is 26.2. The summed E-state index contributed by atoms with van der Waals surface area (Å²) in [5, 5.41) is 5.87. The number of benzene rings is 1. The molecule has 1 unspecified atom stereocenters. The van der Waals surface area contributed by atoms with Crippen molar-refractivity contribution in [1.29, 1.82) is 0 Å². The zero-order valence-electron chi connectivity index (χ0n) is 22.7. The van der Waals surface area contributed by atoms with Crippen LogP contribution in [0.15, 0.2) is 23.0 Å². The number of likely N-dealkylation sites (tertiary alicyclic amines) is 2. The Morgan fingerprint density at radius 3 is 2.32 bits per heavy atom. The molecule has 0 radical (unpaired) electrons. The molecule has 2 N–H and O–H groups in total. The van der Waals surface area contributed by atoms with Gasteiger partial charge in [0.25, 0.3) is 0 Å². The number of hydrogen-bond donors (Lipinski definition) is 2. The Morgan fingerprint density at radius 1 is 0.868 bits per heavy atom. The number of imide groups is 1.